The fourth-order valence-corrected chi connectivity index (χ4v) is 4.90. The number of likely N-dealkylation sites (tertiary alicyclic amines) is 1. The predicted octanol–water partition coefficient (Wildman–Crippen LogP) is 3.46. The Balaban J connectivity index is 1.54. The summed E-state index contributed by atoms with van der Waals surface area (Å²) in [7, 11) is 0. The highest BCUT2D eigenvalue weighted by Crippen LogP contribution is 2.39. The van der Waals surface area contributed by atoms with Crippen molar-refractivity contribution < 1.29 is 19.0 Å². The van der Waals surface area contributed by atoms with E-state index in [0.717, 1.165) is 0 Å². The summed E-state index contributed by atoms with van der Waals surface area (Å²) >= 11 is 0. The Hall–Kier alpha value is -2.51. The van der Waals surface area contributed by atoms with Crippen molar-refractivity contribution in [3.63, 3.8) is 0 Å². The molecule has 0 unspecified atom stereocenters. The Kier molecular flexibility index (Phi) is 6.23. The summed E-state index contributed by atoms with van der Waals surface area (Å²) < 4.78 is 21.1. The van der Waals surface area contributed by atoms with Crippen LogP contribution in [-0.4, -0.2) is 51.4 Å². The second kappa shape index (κ2) is 8.79. The zero-order chi connectivity index (χ0) is 23.0. The van der Waals surface area contributed by atoms with Gasteiger partial charge in [-0.2, -0.15) is 0 Å². The van der Waals surface area contributed by atoms with Crippen LogP contribution in [0, 0.1) is 18.7 Å². The molecule has 2 atom stereocenters. The second-order valence-electron chi connectivity index (χ2n) is 9.49. The smallest absolute Gasteiger partial charge is 0.268 e. The maximum absolute atomic E-state index is 13.3. The van der Waals surface area contributed by atoms with Gasteiger partial charge in [-0.1, -0.05) is 13.8 Å². The van der Waals surface area contributed by atoms with E-state index in [2.05, 4.69) is 13.8 Å². The molecule has 6 nitrogen and oxygen atoms in total. The monoisotopic (exact) mass is 442 g/mol. The Labute approximate surface area is 187 Å². The van der Waals surface area contributed by atoms with E-state index in [0.29, 0.717) is 55.9 Å². The van der Waals surface area contributed by atoms with Crippen molar-refractivity contribution in [3.05, 3.63) is 63.8 Å². The number of aliphatic hydroxyl groups is 1. The summed E-state index contributed by atoms with van der Waals surface area (Å²) in [5.41, 5.74) is 0.433. The number of ether oxygens (including phenoxy) is 1. The molecule has 2 aliphatic rings. The molecule has 1 spiro atoms. The van der Waals surface area contributed by atoms with Crippen molar-refractivity contribution in [3.8, 4) is 5.69 Å². The summed E-state index contributed by atoms with van der Waals surface area (Å²) in [4.78, 5) is 28.2. The molecule has 2 saturated heterocycles. The zero-order valence-corrected chi connectivity index (χ0v) is 18.9. The summed E-state index contributed by atoms with van der Waals surface area (Å²) in [5, 5.41) is 10.4. The topological polar surface area (TPSA) is 71.8 Å². The number of aliphatic hydroxyl groups excluding tert-OH is 1. The molecule has 2 aliphatic heterocycles. The number of rotatable bonds is 3. The van der Waals surface area contributed by atoms with Gasteiger partial charge >= 0.3 is 0 Å². The molecule has 0 aliphatic carbocycles. The number of carbonyl (C=O) groups is 1. The molecule has 2 fully saturated rings. The normalized spacial score (nSPS) is 23.0. The van der Waals surface area contributed by atoms with Crippen LogP contribution in [0.1, 0.15) is 55.5 Å². The van der Waals surface area contributed by atoms with Gasteiger partial charge in [-0.3, -0.25) is 14.2 Å². The van der Waals surface area contributed by atoms with Gasteiger partial charge in [0.25, 0.3) is 11.5 Å². The standard InChI is InChI=1S/C25H31FN2O4/c1-16(2)21-14-20(29)15-25(32-21)9-12-27(13-10-25)23(30)22-17(3)8-11-28(24(22)31)19-6-4-18(26)5-7-19/h4-8,11,16,20-21,29H,9-10,12-15H2,1-3H3/t20-,21-/m1/s1. The van der Waals surface area contributed by atoms with Gasteiger partial charge < -0.3 is 14.7 Å². The van der Waals surface area contributed by atoms with E-state index in [1.165, 1.54) is 28.8 Å². The van der Waals surface area contributed by atoms with Crippen LogP contribution < -0.4 is 5.56 Å². The quantitative estimate of drug-likeness (QED) is 0.790. The molecule has 7 heteroatoms. The molecule has 1 aromatic heterocycles. The Morgan fingerprint density at radius 3 is 2.47 bits per heavy atom. The third-order valence-electron chi connectivity index (χ3n) is 6.84. The Morgan fingerprint density at radius 2 is 1.84 bits per heavy atom. The first-order valence-corrected chi connectivity index (χ1v) is 11.3. The summed E-state index contributed by atoms with van der Waals surface area (Å²) in [6, 6.07) is 7.34. The van der Waals surface area contributed by atoms with E-state index in [1.54, 1.807) is 24.1 Å². The molecule has 32 heavy (non-hydrogen) atoms. The number of hydrogen-bond donors (Lipinski definition) is 1. The molecular weight excluding hydrogens is 411 g/mol. The number of amides is 1. The number of pyridine rings is 1. The van der Waals surface area contributed by atoms with Crippen LogP contribution in [0.25, 0.3) is 5.69 Å². The number of halogens is 1. The average molecular weight is 443 g/mol. The van der Waals surface area contributed by atoms with Gasteiger partial charge in [0.2, 0.25) is 0 Å². The summed E-state index contributed by atoms with van der Waals surface area (Å²) in [5.74, 6) is -0.365. The van der Waals surface area contributed by atoms with Crippen LogP contribution in [0.15, 0.2) is 41.3 Å². The number of aromatic nitrogens is 1. The number of aryl methyl sites for hydroxylation is 1. The lowest BCUT2D eigenvalue weighted by Crippen LogP contribution is -2.55. The minimum Gasteiger partial charge on any atom is -0.393 e. The van der Waals surface area contributed by atoms with Crippen LogP contribution in [0.4, 0.5) is 4.39 Å². The van der Waals surface area contributed by atoms with E-state index in [9.17, 15) is 19.1 Å². The fourth-order valence-electron chi connectivity index (χ4n) is 4.90. The number of hydrogen-bond acceptors (Lipinski definition) is 4. The van der Waals surface area contributed by atoms with Gasteiger partial charge in [0.05, 0.1) is 17.8 Å². The third kappa shape index (κ3) is 4.36. The van der Waals surface area contributed by atoms with Gasteiger partial charge in [0.1, 0.15) is 11.4 Å². The highest BCUT2D eigenvalue weighted by atomic mass is 19.1. The van der Waals surface area contributed by atoms with Gasteiger partial charge in [0, 0.05) is 31.4 Å². The molecule has 3 heterocycles. The summed E-state index contributed by atoms with van der Waals surface area (Å²) in [6.45, 7) is 6.89. The first-order valence-electron chi connectivity index (χ1n) is 11.3. The maximum Gasteiger partial charge on any atom is 0.268 e. The lowest BCUT2D eigenvalue weighted by atomic mass is 9.80. The maximum atomic E-state index is 13.3. The largest absolute Gasteiger partial charge is 0.393 e. The first kappa shape index (κ1) is 22.7. The lowest BCUT2D eigenvalue weighted by molar-refractivity contribution is -0.190. The molecule has 0 bridgehead atoms. The molecule has 4 rings (SSSR count). The molecule has 2 aromatic rings. The average Bonchev–Trinajstić information content (AvgIpc) is 2.74. The van der Waals surface area contributed by atoms with E-state index in [-0.39, 0.29) is 23.4 Å². The van der Waals surface area contributed by atoms with Crippen molar-refractivity contribution in [2.24, 2.45) is 5.92 Å². The van der Waals surface area contributed by atoms with Crippen molar-refractivity contribution in [1.29, 1.82) is 0 Å². The van der Waals surface area contributed by atoms with Crippen molar-refractivity contribution in [2.45, 2.75) is 64.3 Å². The van der Waals surface area contributed by atoms with Crippen LogP contribution in [0.2, 0.25) is 0 Å². The van der Waals surface area contributed by atoms with Crippen LogP contribution in [0.3, 0.4) is 0 Å². The minimum absolute atomic E-state index is 0.0141. The molecule has 0 saturated carbocycles. The third-order valence-corrected chi connectivity index (χ3v) is 6.84. The van der Waals surface area contributed by atoms with Gasteiger partial charge in [-0.05, 0) is 68.0 Å². The van der Waals surface area contributed by atoms with E-state index in [1.807, 2.05) is 0 Å². The van der Waals surface area contributed by atoms with Gasteiger partial charge in [0.15, 0.2) is 0 Å². The predicted molar refractivity (Wildman–Crippen MR) is 120 cm³/mol. The minimum atomic E-state index is -0.413. The van der Waals surface area contributed by atoms with Crippen LogP contribution in [-0.2, 0) is 4.74 Å². The highest BCUT2D eigenvalue weighted by Gasteiger charge is 2.44. The van der Waals surface area contributed by atoms with Crippen LogP contribution in [0.5, 0.6) is 0 Å². The Bertz CT molecular complexity index is 1040. The lowest BCUT2D eigenvalue weighted by Gasteiger charge is -2.48. The van der Waals surface area contributed by atoms with Crippen LogP contribution >= 0.6 is 0 Å². The number of nitrogens with zero attached hydrogens (tertiary/aromatic N) is 2. The molecule has 1 N–H and O–H groups in total. The Morgan fingerprint density at radius 1 is 1.19 bits per heavy atom. The van der Waals surface area contributed by atoms with Gasteiger partial charge in [-0.15, -0.1) is 0 Å². The molecule has 0 radical (unpaired) electrons. The van der Waals surface area contributed by atoms with Gasteiger partial charge in [-0.25, -0.2) is 4.39 Å². The number of benzene rings is 1. The number of piperidine rings is 1. The van der Waals surface area contributed by atoms with Crippen molar-refractivity contribution in [2.75, 3.05) is 13.1 Å². The van der Waals surface area contributed by atoms with Crippen molar-refractivity contribution >= 4 is 5.91 Å². The number of carbonyl (C=O) groups excluding carboxylic acids is 1. The fraction of sp³-hybridized carbons (Fsp3) is 0.520. The second-order valence-corrected chi connectivity index (χ2v) is 9.49. The molecule has 1 amide bonds. The van der Waals surface area contributed by atoms with E-state index in [4.69, 9.17) is 4.74 Å². The molecule has 172 valence electrons. The SMILES string of the molecule is Cc1ccn(-c2ccc(F)cc2)c(=O)c1C(=O)N1CCC2(CC1)C[C@H](O)C[C@H](C(C)C)O2. The highest BCUT2D eigenvalue weighted by molar-refractivity contribution is 5.95. The summed E-state index contributed by atoms with van der Waals surface area (Å²) in [6.07, 6.45) is 3.73. The van der Waals surface area contributed by atoms with E-state index >= 15 is 0 Å². The zero-order valence-electron chi connectivity index (χ0n) is 18.9. The first-order chi connectivity index (χ1) is 15.2. The molecular formula is C25H31FN2O4. The molecule has 1 aromatic carbocycles. The van der Waals surface area contributed by atoms with E-state index < -0.39 is 17.3 Å². The van der Waals surface area contributed by atoms with Crippen molar-refractivity contribution in [1.82, 2.24) is 9.47 Å².